The van der Waals surface area contributed by atoms with Crippen molar-refractivity contribution >= 4 is 0 Å². The van der Waals surface area contributed by atoms with Crippen LogP contribution in [0.4, 0.5) is 0 Å². The Hall–Kier alpha value is -0.560. The summed E-state index contributed by atoms with van der Waals surface area (Å²) in [5.41, 5.74) is 0.441. The van der Waals surface area contributed by atoms with Crippen LogP contribution in [0.1, 0.15) is 91.9 Å². The number of fused-ring (bicyclic) bond motifs is 5. The molecule has 14 nitrogen and oxygen atoms in total. The molecule has 0 aromatic rings. The van der Waals surface area contributed by atoms with Gasteiger partial charge in [-0.05, 0) is 79.4 Å². The van der Waals surface area contributed by atoms with Crippen LogP contribution in [-0.4, -0.2) is 181 Å². The first-order chi connectivity index (χ1) is 30.4. The topological polar surface area (TPSA) is 151 Å². The fourth-order valence-corrected chi connectivity index (χ4v) is 11.8. The van der Waals surface area contributed by atoms with Gasteiger partial charge in [-0.2, -0.15) is 0 Å². The van der Waals surface area contributed by atoms with Gasteiger partial charge in [-0.15, -0.1) is 0 Å². The first-order valence-corrected chi connectivity index (χ1v) is 24.6. The lowest BCUT2D eigenvalue weighted by Crippen LogP contribution is -2.62. The van der Waals surface area contributed by atoms with Crippen molar-refractivity contribution in [2.24, 2.45) is 46.3 Å². The van der Waals surface area contributed by atoms with Crippen LogP contribution in [0.3, 0.4) is 0 Å². The second-order valence-corrected chi connectivity index (χ2v) is 18.4. The zero-order chi connectivity index (χ0) is 44.1. The van der Waals surface area contributed by atoms with E-state index in [-0.39, 0.29) is 30.8 Å². The summed E-state index contributed by atoms with van der Waals surface area (Å²) >= 11 is 0. The molecule has 4 fully saturated rings. The van der Waals surface area contributed by atoms with Gasteiger partial charge < -0.3 is 67.1 Å². The van der Waals surface area contributed by atoms with Gasteiger partial charge in [-0.3, -0.25) is 0 Å². The predicted octanol–water partition coefficient (Wildman–Crippen LogP) is 5.61. The third-order valence-electron chi connectivity index (χ3n) is 14.7. The lowest BCUT2D eigenvalue weighted by molar-refractivity contribution is -0.224. The quantitative estimate of drug-likeness (QED) is 0.0736. The van der Waals surface area contributed by atoms with Gasteiger partial charge in [0, 0.05) is 5.41 Å². The van der Waals surface area contributed by atoms with E-state index >= 15 is 0 Å². The van der Waals surface area contributed by atoms with Crippen LogP contribution in [0.2, 0.25) is 0 Å². The van der Waals surface area contributed by atoms with E-state index in [1.165, 1.54) is 57.8 Å². The molecule has 4 aliphatic carbocycles. The van der Waals surface area contributed by atoms with Crippen molar-refractivity contribution in [2.45, 2.75) is 104 Å². The summed E-state index contributed by atoms with van der Waals surface area (Å²) in [7, 11) is 0. The molecule has 4 saturated carbocycles. The molecule has 4 rings (SSSR count). The molecular weight excluding hydrogens is 801 g/mol. The Bertz CT molecular complexity index is 1090. The molecule has 0 spiro atoms. The van der Waals surface area contributed by atoms with Crippen LogP contribution in [0.5, 0.6) is 0 Å². The Morgan fingerprint density at radius 3 is 1.39 bits per heavy atom. The van der Waals surface area contributed by atoms with Gasteiger partial charge in [-0.25, -0.2) is 0 Å². The summed E-state index contributed by atoms with van der Waals surface area (Å²) in [6.45, 7) is 21.4. The third kappa shape index (κ3) is 17.6. The van der Waals surface area contributed by atoms with Crippen molar-refractivity contribution in [2.75, 3.05) is 159 Å². The van der Waals surface area contributed by atoms with Gasteiger partial charge in [0.05, 0.1) is 171 Å². The molecule has 0 heterocycles. The van der Waals surface area contributed by atoms with Crippen molar-refractivity contribution in [3.63, 3.8) is 0 Å². The van der Waals surface area contributed by atoms with Crippen LogP contribution < -0.4 is 0 Å². The first kappa shape index (κ1) is 54.0. The third-order valence-corrected chi connectivity index (χ3v) is 14.7. The highest BCUT2D eigenvalue weighted by atomic mass is 16.6. The Morgan fingerprint density at radius 1 is 0.500 bits per heavy atom. The molecule has 366 valence electrons. The van der Waals surface area contributed by atoms with Crippen molar-refractivity contribution in [3.8, 4) is 0 Å². The van der Waals surface area contributed by atoms with Gasteiger partial charge in [-0.1, -0.05) is 53.4 Å². The number of hydrogen-bond acceptors (Lipinski definition) is 14. The largest absolute Gasteiger partial charge is 0.394 e. The smallest absolute Gasteiger partial charge is 0.0704 e. The van der Waals surface area contributed by atoms with E-state index in [2.05, 4.69) is 27.7 Å². The molecule has 2 N–H and O–H groups in total. The van der Waals surface area contributed by atoms with E-state index in [1.54, 1.807) is 0 Å². The van der Waals surface area contributed by atoms with Gasteiger partial charge in [0.25, 0.3) is 0 Å². The molecule has 4 aliphatic rings. The number of aliphatic hydroxyl groups is 2. The van der Waals surface area contributed by atoms with E-state index in [0.717, 1.165) is 6.42 Å². The van der Waals surface area contributed by atoms with E-state index in [1.807, 2.05) is 0 Å². The zero-order valence-corrected chi connectivity index (χ0v) is 39.5. The van der Waals surface area contributed by atoms with E-state index in [4.69, 9.17) is 67.1 Å². The summed E-state index contributed by atoms with van der Waals surface area (Å²) in [6, 6.07) is 0. The standard InChI is InChI=1S/C48H90O14/c1-5-8-39(2)41-10-11-42-46-43(38-45(48(41,42)4)62-36-34-60-32-30-58-28-26-56-24-22-54-20-18-52-16-14-50)47(3)12-7-6-9-40(47)37-44(46)61-35-33-59-31-29-57-27-25-55-23-21-53-19-17-51-15-13-49/h39-46,49-50H,5-38H2,1-4H3/t39?,40-,41+,42-,43-,44+,45-,46-,47-,48+/m0/s1. The highest BCUT2D eigenvalue weighted by Gasteiger charge is 2.66. The van der Waals surface area contributed by atoms with Crippen LogP contribution in [0, 0.1) is 46.3 Å². The van der Waals surface area contributed by atoms with Gasteiger partial charge in [0.2, 0.25) is 0 Å². The SMILES string of the molecule is CCCC(C)[C@H]1CC[C@H]2[C@@H]3[C@H](OCCOCCOCCOCCOCCOCCO)C[C@@H]4CCCC[C@]4(C)[C@H]3C[C@H](OCCOCCOCCOCCOCCOCCO)[C@]12C. The summed E-state index contributed by atoms with van der Waals surface area (Å²) in [6.07, 6.45) is 13.1. The average molecular weight is 891 g/mol. The van der Waals surface area contributed by atoms with Gasteiger partial charge in [0.15, 0.2) is 0 Å². The minimum Gasteiger partial charge on any atom is -0.394 e. The minimum absolute atomic E-state index is 0.0281. The maximum absolute atomic E-state index is 8.73. The first-order valence-electron chi connectivity index (χ1n) is 24.6. The van der Waals surface area contributed by atoms with Crippen molar-refractivity contribution in [1.82, 2.24) is 0 Å². The summed E-state index contributed by atoms with van der Waals surface area (Å²) < 4.78 is 70.0. The summed E-state index contributed by atoms with van der Waals surface area (Å²) in [5.74, 6) is 3.75. The van der Waals surface area contributed by atoms with Crippen LogP contribution in [0.25, 0.3) is 0 Å². The molecule has 0 bridgehead atoms. The Kier molecular flexibility index (Phi) is 28.1. The molecule has 1 unspecified atom stereocenters. The number of ether oxygens (including phenoxy) is 12. The van der Waals surface area contributed by atoms with Crippen LogP contribution in [0.15, 0.2) is 0 Å². The minimum atomic E-state index is 0.0281. The lowest BCUT2D eigenvalue weighted by Gasteiger charge is -2.64. The maximum atomic E-state index is 8.73. The average Bonchev–Trinajstić information content (AvgIpc) is 3.64. The molecule has 0 amide bonds. The molecule has 14 heteroatoms. The molecule has 0 aliphatic heterocycles. The zero-order valence-electron chi connectivity index (χ0n) is 39.5. The summed E-state index contributed by atoms with van der Waals surface area (Å²) in [4.78, 5) is 0. The van der Waals surface area contributed by atoms with E-state index in [9.17, 15) is 0 Å². The molecule has 10 atom stereocenters. The molecule has 0 radical (unpaired) electrons. The Balaban J connectivity index is 1.19. The molecular formula is C48H90O14. The monoisotopic (exact) mass is 891 g/mol. The number of rotatable bonds is 39. The Morgan fingerprint density at radius 2 is 0.935 bits per heavy atom. The summed E-state index contributed by atoms with van der Waals surface area (Å²) in [5, 5.41) is 17.4. The van der Waals surface area contributed by atoms with Crippen molar-refractivity contribution < 1.29 is 67.1 Å². The van der Waals surface area contributed by atoms with E-state index in [0.29, 0.717) is 186 Å². The molecule has 0 aromatic carbocycles. The lowest BCUT2D eigenvalue weighted by atomic mass is 9.43. The van der Waals surface area contributed by atoms with Crippen LogP contribution in [-0.2, 0) is 56.8 Å². The second kappa shape index (κ2) is 32.2. The molecule has 0 saturated heterocycles. The number of hydrogen-bond donors (Lipinski definition) is 2. The highest BCUT2D eigenvalue weighted by Crippen LogP contribution is 2.69. The fraction of sp³-hybridized carbons (Fsp3) is 1.00. The van der Waals surface area contributed by atoms with Crippen molar-refractivity contribution in [1.29, 1.82) is 0 Å². The maximum Gasteiger partial charge on any atom is 0.0704 e. The van der Waals surface area contributed by atoms with Gasteiger partial charge in [0.1, 0.15) is 0 Å². The van der Waals surface area contributed by atoms with Crippen molar-refractivity contribution in [3.05, 3.63) is 0 Å². The molecule has 0 aromatic heterocycles. The predicted molar refractivity (Wildman–Crippen MR) is 237 cm³/mol. The second-order valence-electron chi connectivity index (χ2n) is 18.4. The normalized spacial score (nSPS) is 30.0. The number of aliphatic hydroxyl groups excluding tert-OH is 2. The Labute approximate surface area is 375 Å². The van der Waals surface area contributed by atoms with E-state index < -0.39 is 0 Å². The highest BCUT2D eigenvalue weighted by molar-refractivity contribution is 5.14. The van der Waals surface area contributed by atoms with Gasteiger partial charge >= 0.3 is 0 Å². The fourth-order valence-electron chi connectivity index (χ4n) is 11.8. The molecule has 62 heavy (non-hydrogen) atoms. The van der Waals surface area contributed by atoms with Crippen LogP contribution >= 0.6 is 0 Å².